The average molecular weight is 256 g/mol. The highest BCUT2D eigenvalue weighted by Gasteiger charge is 2.38. The van der Waals surface area contributed by atoms with E-state index < -0.39 is 5.92 Å². The Bertz CT molecular complexity index is 704. The molecule has 3 rings (SSSR count). The third-order valence-electron chi connectivity index (χ3n) is 3.26. The summed E-state index contributed by atoms with van der Waals surface area (Å²) in [4.78, 5) is 8.46. The molecular formula is C12H12N6O. The zero-order valence-electron chi connectivity index (χ0n) is 10.5. The summed E-state index contributed by atoms with van der Waals surface area (Å²) < 4.78 is 5.42. The molecule has 0 amide bonds. The van der Waals surface area contributed by atoms with E-state index in [0.29, 0.717) is 17.5 Å². The Morgan fingerprint density at radius 3 is 2.89 bits per heavy atom. The van der Waals surface area contributed by atoms with Crippen molar-refractivity contribution in [3.8, 4) is 6.07 Å². The molecule has 2 unspecified atom stereocenters. The Kier molecular flexibility index (Phi) is 2.38. The number of fused-ring (bicyclic) bond motifs is 1. The summed E-state index contributed by atoms with van der Waals surface area (Å²) in [5, 5.41) is 16.2. The quantitative estimate of drug-likeness (QED) is 0.797. The number of oxazole rings is 1. The molecule has 96 valence electrons. The van der Waals surface area contributed by atoms with Crippen LogP contribution in [0.1, 0.15) is 28.8 Å². The normalized spacial score (nSPS) is 21.6. The average Bonchev–Trinajstić information content (AvgIpc) is 2.92. The lowest BCUT2D eigenvalue weighted by Gasteiger charge is -2.23. The van der Waals surface area contributed by atoms with E-state index >= 15 is 0 Å². The minimum Gasteiger partial charge on any atom is -0.423 e. The lowest BCUT2D eigenvalue weighted by atomic mass is 9.82. The van der Waals surface area contributed by atoms with Crippen LogP contribution in [0.25, 0.3) is 0 Å². The third kappa shape index (κ3) is 1.61. The van der Waals surface area contributed by atoms with Crippen molar-refractivity contribution >= 4 is 11.7 Å². The van der Waals surface area contributed by atoms with Crippen molar-refractivity contribution in [3.63, 3.8) is 0 Å². The Morgan fingerprint density at radius 2 is 2.26 bits per heavy atom. The van der Waals surface area contributed by atoms with E-state index in [0.717, 1.165) is 11.3 Å². The van der Waals surface area contributed by atoms with Gasteiger partial charge in [-0.1, -0.05) is 0 Å². The van der Waals surface area contributed by atoms with E-state index in [4.69, 9.17) is 10.2 Å². The second-order valence-corrected chi connectivity index (χ2v) is 4.49. The molecular weight excluding hydrogens is 244 g/mol. The molecule has 7 nitrogen and oxygen atoms in total. The van der Waals surface area contributed by atoms with Crippen LogP contribution in [0.5, 0.6) is 0 Å². The van der Waals surface area contributed by atoms with E-state index in [2.05, 4.69) is 26.2 Å². The molecule has 1 aliphatic rings. The molecule has 0 saturated heterocycles. The Labute approximate surface area is 109 Å². The molecule has 19 heavy (non-hydrogen) atoms. The van der Waals surface area contributed by atoms with Crippen LogP contribution in [0.4, 0.5) is 5.88 Å². The fourth-order valence-corrected chi connectivity index (χ4v) is 2.37. The van der Waals surface area contributed by atoms with Gasteiger partial charge in [-0.3, -0.25) is 5.10 Å². The van der Waals surface area contributed by atoms with Gasteiger partial charge in [0.2, 0.25) is 5.88 Å². The first-order chi connectivity index (χ1) is 9.11. The van der Waals surface area contributed by atoms with Gasteiger partial charge in [0.05, 0.1) is 18.2 Å². The molecule has 1 aliphatic heterocycles. The predicted octanol–water partition coefficient (Wildman–Crippen LogP) is 1.29. The highest BCUT2D eigenvalue weighted by Crippen LogP contribution is 2.41. The highest BCUT2D eigenvalue weighted by atomic mass is 16.4. The summed E-state index contributed by atoms with van der Waals surface area (Å²) in [6, 6.07) is 2.19. The minimum atomic E-state index is -0.562. The predicted molar refractivity (Wildman–Crippen MR) is 66.8 cm³/mol. The Morgan fingerprint density at radius 1 is 1.47 bits per heavy atom. The lowest BCUT2D eigenvalue weighted by molar-refractivity contribution is 0.526. The molecule has 2 aromatic rings. The zero-order valence-corrected chi connectivity index (χ0v) is 10.5. The number of rotatable bonds is 1. The van der Waals surface area contributed by atoms with Gasteiger partial charge >= 0.3 is 0 Å². The first-order valence-electron chi connectivity index (χ1n) is 5.82. The second kappa shape index (κ2) is 3.95. The van der Waals surface area contributed by atoms with Gasteiger partial charge in [-0.05, 0) is 6.92 Å². The molecule has 0 bridgehead atoms. The zero-order chi connectivity index (χ0) is 13.6. The summed E-state index contributed by atoms with van der Waals surface area (Å²) >= 11 is 0. The Balaban J connectivity index is 2.23. The van der Waals surface area contributed by atoms with Crippen LogP contribution in [-0.2, 0) is 0 Å². The van der Waals surface area contributed by atoms with E-state index in [-0.39, 0.29) is 11.8 Å². The molecule has 0 fully saturated rings. The topological polar surface area (TPSA) is 117 Å². The maximum absolute atomic E-state index is 9.35. The number of H-pyrrole nitrogens is 1. The largest absolute Gasteiger partial charge is 0.423 e. The molecule has 0 spiro atoms. The molecule has 2 atom stereocenters. The van der Waals surface area contributed by atoms with Crippen LogP contribution in [0.15, 0.2) is 15.6 Å². The number of amidine groups is 1. The van der Waals surface area contributed by atoms with Gasteiger partial charge in [0.25, 0.3) is 0 Å². The fourth-order valence-electron chi connectivity index (χ4n) is 2.37. The number of nitrogens with two attached hydrogens (primary N) is 1. The summed E-state index contributed by atoms with van der Waals surface area (Å²) in [6.45, 7) is 3.63. The molecule has 0 aliphatic carbocycles. The third-order valence-corrected chi connectivity index (χ3v) is 3.26. The summed E-state index contributed by atoms with van der Waals surface area (Å²) in [5.74, 6) is 0.275. The van der Waals surface area contributed by atoms with E-state index in [1.165, 1.54) is 0 Å². The van der Waals surface area contributed by atoms with Crippen LogP contribution in [0, 0.1) is 31.1 Å². The number of hydrogen-bond donors (Lipinski definition) is 2. The van der Waals surface area contributed by atoms with Gasteiger partial charge in [0.15, 0.2) is 5.89 Å². The van der Waals surface area contributed by atoms with Gasteiger partial charge in [0.1, 0.15) is 17.4 Å². The van der Waals surface area contributed by atoms with Crippen molar-refractivity contribution in [3.05, 3.63) is 29.0 Å². The van der Waals surface area contributed by atoms with Gasteiger partial charge in [-0.25, -0.2) is 4.98 Å². The van der Waals surface area contributed by atoms with E-state index in [1.807, 2.05) is 6.92 Å². The number of nitrogens with zero attached hydrogens (tertiary/aromatic N) is 4. The maximum atomic E-state index is 9.35. The van der Waals surface area contributed by atoms with Crippen molar-refractivity contribution in [2.24, 2.45) is 16.6 Å². The molecule has 2 aromatic heterocycles. The Hall–Kier alpha value is -2.62. The van der Waals surface area contributed by atoms with Crippen LogP contribution in [0.2, 0.25) is 0 Å². The highest BCUT2D eigenvalue weighted by molar-refractivity contribution is 5.90. The van der Waals surface area contributed by atoms with Crippen LogP contribution in [-0.4, -0.2) is 21.0 Å². The number of aromatic amines is 1. The molecule has 3 N–H and O–H groups in total. The molecule has 0 saturated carbocycles. The fraction of sp³-hybridized carbons (Fsp3) is 0.333. The van der Waals surface area contributed by atoms with Gasteiger partial charge in [0, 0.05) is 18.2 Å². The van der Waals surface area contributed by atoms with Crippen LogP contribution in [0.3, 0.4) is 0 Å². The van der Waals surface area contributed by atoms with Gasteiger partial charge in [-0.2, -0.15) is 15.4 Å². The minimum absolute atomic E-state index is 0.247. The first-order valence-corrected chi connectivity index (χ1v) is 5.82. The first kappa shape index (κ1) is 11.5. The van der Waals surface area contributed by atoms with Gasteiger partial charge < -0.3 is 10.2 Å². The second-order valence-electron chi connectivity index (χ2n) is 4.49. The number of nitriles is 1. The van der Waals surface area contributed by atoms with Crippen molar-refractivity contribution < 1.29 is 4.42 Å². The molecule has 3 heterocycles. The number of aromatic nitrogens is 3. The van der Waals surface area contributed by atoms with Crippen molar-refractivity contribution in [2.75, 3.05) is 0 Å². The van der Waals surface area contributed by atoms with E-state index in [9.17, 15) is 5.26 Å². The molecule has 0 radical (unpaired) electrons. The monoisotopic (exact) mass is 256 g/mol. The number of hydrogen-bond acceptors (Lipinski definition) is 6. The number of aliphatic imine (C=N–C) groups is 1. The summed E-state index contributed by atoms with van der Waals surface area (Å²) in [6.07, 6.45) is 1.69. The van der Waals surface area contributed by atoms with Crippen molar-refractivity contribution in [2.45, 2.75) is 19.8 Å². The van der Waals surface area contributed by atoms with Crippen LogP contribution < -0.4 is 5.73 Å². The van der Waals surface area contributed by atoms with Crippen molar-refractivity contribution in [1.29, 1.82) is 5.26 Å². The lowest BCUT2D eigenvalue weighted by Crippen LogP contribution is -2.31. The summed E-state index contributed by atoms with van der Waals surface area (Å²) in [5.41, 5.74) is 8.28. The standard InChI is InChI=1S/C12H12N6O/c1-5-8(4-15-18-5)9-7(3-13)11(14)17-12-10(9)16-6(2)19-12/h4,7,9H,1-2H3,(H2,14,17)(H,15,18). The SMILES string of the molecule is Cc1nc2c(o1)N=C(N)C(C#N)C2c1cn[nH]c1C. The summed E-state index contributed by atoms with van der Waals surface area (Å²) in [7, 11) is 0. The molecule has 0 aromatic carbocycles. The number of nitrogens with one attached hydrogen (secondary N) is 1. The van der Waals surface area contributed by atoms with Gasteiger partial charge in [-0.15, -0.1) is 0 Å². The maximum Gasteiger partial charge on any atom is 0.245 e. The van der Waals surface area contributed by atoms with Crippen LogP contribution >= 0.6 is 0 Å². The smallest absolute Gasteiger partial charge is 0.245 e. The molecule has 7 heteroatoms. The van der Waals surface area contributed by atoms with E-state index in [1.54, 1.807) is 13.1 Å². The number of aryl methyl sites for hydroxylation is 2. The van der Waals surface area contributed by atoms with Crippen molar-refractivity contribution in [1.82, 2.24) is 15.2 Å².